The lowest BCUT2D eigenvalue weighted by molar-refractivity contribution is -0.289. The summed E-state index contributed by atoms with van der Waals surface area (Å²) in [6.45, 7) is 0.0769. The Morgan fingerprint density at radius 3 is 0.632 bits per heavy atom. The number of hydrogen-bond acceptors (Lipinski definition) is 0. The molecule has 118 valence electrons. The van der Waals surface area contributed by atoms with Crippen molar-refractivity contribution in [3.63, 3.8) is 0 Å². The summed E-state index contributed by atoms with van der Waals surface area (Å²) in [4.78, 5) is 0. The van der Waals surface area contributed by atoms with Gasteiger partial charge >= 0.3 is 18.0 Å². The highest BCUT2D eigenvalue weighted by Gasteiger charge is 2.65. The Labute approximate surface area is 102 Å². The third kappa shape index (κ3) is 5.85. The molecule has 0 radical (unpaired) electrons. The van der Waals surface area contributed by atoms with Crippen LogP contribution in [0.2, 0.25) is 0 Å². The number of rotatable bonds is 2. The van der Waals surface area contributed by atoms with Crippen molar-refractivity contribution >= 4 is 0 Å². The van der Waals surface area contributed by atoms with E-state index >= 15 is 0 Å². The summed E-state index contributed by atoms with van der Waals surface area (Å²) < 4.78 is 116. The largest absolute Gasteiger partial charge is 0.428 e. The fourth-order valence-electron chi connectivity index (χ4n) is 0.249. The van der Waals surface area contributed by atoms with Crippen LogP contribution in [-0.2, 0) is 0 Å². The lowest BCUT2D eigenvalue weighted by Crippen LogP contribution is -2.51. The summed E-state index contributed by atoms with van der Waals surface area (Å²) in [6, 6.07) is 0. The molecule has 0 fully saturated rings. The van der Waals surface area contributed by atoms with Crippen molar-refractivity contribution < 1.29 is 43.9 Å². The molecule has 0 aliphatic heterocycles. The SMILES string of the molecule is CC(F)(F)C(C)(F)F.CC(F)(F)[C@@](C)(F)C(F)(F)F. The van der Waals surface area contributed by atoms with Gasteiger partial charge in [-0.05, 0) is 6.92 Å². The van der Waals surface area contributed by atoms with Crippen molar-refractivity contribution in [2.45, 2.75) is 57.3 Å². The maximum absolute atomic E-state index is 12.2. The van der Waals surface area contributed by atoms with Gasteiger partial charge in [0.1, 0.15) is 0 Å². The molecule has 0 amide bonds. The van der Waals surface area contributed by atoms with Crippen molar-refractivity contribution in [2.75, 3.05) is 0 Å². The van der Waals surface area contributed by atoms with Gasteiger partial charge in [0.15, 0.2) is 0 Å². The predicted octanol–water partition coefficient (Wildman–Crippen LogP) is 5.23. The molecule has 0 N–H and O–H groups in total. The molecule has 0 aromatic heterocycles. The normalized spacial score (nSPS) is 17.4. The van der Waals surface area contributed by atoms with Crippen molar-refractivity contribution in [1.82, 2.24) is 0 Å². The maximum Gasteiger partial charge on any atom is 0.428 e. The minimum absolute atomic E-state index is 0.111. The van der Waals surface area contributed by atoms with Gasteiger partial charge in [-0.25, -0.2) is 30.7 Å². The molecule has 0 aromatic carbocycles. The van der Waals surface area contributed by atoms with E-state index in [4.69, 9.17) is 0 Å². The van der Waals surface area contributed by atoms with Crippen LogP contribution in [0.3, 0.4) is 0 Å². The molecule has 0 rings (SSSR count). The molecule has 0 heterocycles. The Bertz CT molecular complexity index is 243. The van der Waals surface area contributed by atoms with E-state index in [0.29, 0.717) is 0 Å². The molecule has 10 heteroatoms. The molecule has 0 spiro atoms. The van der Waals surface area contributed by atoms with E-state index < -0.39 is 29.6 Å². The van der Waals surface area contributed by atoms with E-state index in [1.165, 1.54) is 0 Å². The molecule has 1 atom stereocenters. The quantitative estimate of drug-likeness (QED) is 0.613. The van der Waals surface area contributed by atoms with Crippen LogP contribution in [0.25, 0.3) is 0 Å². The second kappa shape index (κ2) is 5.35. The molecule has 0 aromatic rings. The first-order valence-corrected chi connectivity index (χ1v) is 4.64. The number of halogens is 10. The third-order valence-electron chi connectivity index (χ3n) is 2.13. The molecule has 0 saturated heterocycles. The van der Waals surface area contributed by atoms with Gasteiger partial charge in [0, 0.05) is 20.8 Å². The van der Waals surface area contributed by atoms with Gasteiger partial charge in [0.05, 0.1) is 0 Å². The first-order chi connectivity index (χ1) is 7.75. The summed E-state index contributed by atoms with van der Waals surface area (Å²) in [5.74, 6) is -12.2. The zero-order valence-corrected chi connectivity index (χ0v) is 10.3. The van der Waals surface area contributed by atoms with Gasteiger partial charge in [0.25, 0.3) is 11.6 Å². The van der Waals surface area contributed by atoms with Crippen LogP contribution in [0.5, 0.6) is 0 Å². The smallest absolute Gasteiger partial charge is 0.227 e. The fraction of sp³-hybridized carbons (Fsp3) is 1.00. The average Bonchev–Trinajstić information content (AvgIpc) is 1.96. The van der Waals surface area contributed by atoms with Gasteiger partial charge in [-0.1, -0.05) is 0 Å². The van der Waals surface area contributed by atoms with Crippen molar-refractivity contribution in [3.8, 4) is 0 Å². The minimum Gasteiger partial charge on any atom is -0.227 e. The van der Waals surface area contributed by atoms with E-state index in [-0.39, 0.29) is 27.7 Å². The van der Waals surface area contributed by atoms with Gasteiger partial charge in [-0.2, -0.15) is 13.2 Å². The average molecular weight is 310 g/mol. The Balaban J connectivity index is 0. The molecular weight excluding hydrogens is 298 g/mol. The standard InChI is InChI=1S/C5H6F6.C4H6F4/c1-3(6,4(2,7)8)5(9,10)11;1-3(5,6)4(2,7)8/h1-2H3;1-2H3/t3-;/m1./s1. The van der Waals surface area contributed by atoms with Gasteiger partial charge in [-0.15, -0.1) is 0 Å². The van der Waals surface area contributed by atoms with Crippen LogP contribution in [0.15, 0.2) is 0 Å². The maximum atomic E-state index is 12.2. The highest BCUT2D eigenvalue weighted by atomic mass is 19.4. The monoisotopic (exact) mass is 310 g/mol. The van der Waals surface area contributed by atoms with Crippen LogP contribution >= 0.6 is 0 Å². The Morgan fingerprint density at radius 1 is 0.421 bits per heavy atom. The summed E-state index contributed by atoms with van der Waals surface area (Å²) in [6.07, 6.45) is -5.54. The van der Waals surface area contributed by atoms with E-state index in [1.54, 1.807) is 0 Å². The Kier molecular flexibility index (Phi) is 5.81. The predicted molar refractivity (Wildman–Crippen MR) is 47.4 cm³/mol. The fourth-order valence-corrected chi connectivity index (χ4v) is 0.249. The molecule has 0 bridgehead atoms. The Morgan fingerprint density at radius 2 is 0.632 bits per heavy atom. The second-order valence-corrected chi connectivity index (χ2v) is 4.17. The van der Waals surface area contributed by atoms with Crippen LogP contribution in [-0.4, -0.2) is 29.6 Å². The van der Waals surface area contributed by atoms with E-state index in [9.17, 15) is 43.9 Å². The molecule has 0 aliphatic carbocycles. The highest BCUT2D eigenvalue weighted by molar-refractivity contribution is 4.92. The van der Waals surface area contributed by atoms with E-state index in [0.717, 1.165) is 0 Å². The first-order valence-electron chi connectivity index (χ1n) is 4.64. The van der Waals surface area contributed by atoms with Crippen molar-refractivity contribution in [2.24, 2.45) is 0 Å². The molecular formula is C9H12F10. The highest BCUT2D eigenvalue weighted by Crippen LogP contribution is 2.44. The second-order valence-electron chi connectivity index (χ2n) is 4.17. The van der Waals surface area contributed by atoms with E-state index in [2.05, 4.69) is 0 Å². The zero-order valence-electron chi connectivity index (χ0n) is 10.3. The van der Waals surface area contributed by atoms with Gasteiger partial charge in [0.2, 0.25) is 0 Å². The number of alkyl halides is 10. The minimum atomic E-state index is -5.54. The summed E-state index contributed by atoms with van der Waals surface area (Å²) >= 11 is 0. The van der Waals surface area contributed by atoms with Crippen molar-refractivity contribution in [1.29, 1.82) is 0 Å². The lowest BCUT2D eigenvalue weighted by atomic mass is 10.0. The summed E-state index contributed by atoms with van der Waals surface area (Å²) in [5, 5.41) is 0. The van der Waals surface area contributed by atoms with Gasteiger partial charge < -0.3 is 0 Å². The molecule has 19 heavy (non-hydrogen) atoms. The lowest BCUT2D eigenvalue weighted by Gasteiger charge is -2.28. The molecule has 0 unspecified atom stereocenters. The summed E-state index contributed by atoms with van der Waals surface area (Å²) in [7, 11) is 0. The first kappa shape index (κ1) is 20.6. The van der Waals surface area contributed by atoms with Gasteiger partial charge in [-0.3, -0.25) is 0 Å². The zero-order chi connectivity index (χ0) is 16.5. The summed E-state index contributed by atoms with van der Waals surface area (Å²) in [5.41, 5.74) is -4.46. The third-order valence-corrected chi connectivity index (χ3v) is 2.13. The van der Waals surface area contributed by atoms with Crippen LogP contribution in [0.1, 0.15) is 27.7 Å². The Hall–Kier alpha value is -0.700. The molecule has 0 saturated carbocycles. The van der Waals surface area contributed by atoms with Crippen molar-refractivity contribution in [3.05, 3.63) is 0 Å². The van der Waals surface area contributed by atoms with Crippen LogP contribution in [0, 0.1) is 0 Å². The van der Waals surface area contributed by atoms with Crippen LogP contribution < -0.4 is 0 Å². The molecule has 0 aliphatic rings. The van der Waals surface area contributed by atoms with E-state index in [1.807, 2.05) is 0 Å². The van der Waals surface area contributed by atoms with Crippen LogP contribution in [0.4, 0.5) is 43.9 Å². The topological polar surface area (TPSA) is 0 Å². The molecule has 0 nitrogen and oxygen atoms in total. The number of hydrogen-bond donors (Lipinski definition) is 0.